The summed E-state index contributed by atoms with van der Waals surface area (Å²) in [6, 6.07) is 3.33. The first kappa shape index (κ1) is 12.9. The molecule has 5 nitrogen and oxygen atoms in total. The quantitative estimate of drug-likeness (QED) is 0.792. The first-order valence-corrected chi connectivity index (χ1v) is 4.83. The fourth-order valence-corrected chi connectivity index (χ4v) is 1.37. The van der Waals surface area contributed by atoms with Gasteiger partial charge in [-0.25, -0.2) is 4.79 Å². The molecule has 0 aliphatic heterocycles. The lowest BCUT2D eigenvalue weighted by molar-refractivity contribution is -0.131. The van der Waals surface area contributed by atoms with Gasteiger partial charge in [-0.1, -0.05) is 0 Å². The number of methoxy groups -OCH3 is 3. The topological polar surface area (TPSA) is 65.0 Å². The number of ether oxygens (including phenoxy) is 3. The molecule has 1 aromatic rings. The number of hydrogen-bond donors (Lipinski definition) is 1. The average molecular weight is 238 g/mol. The molecule has 1 aromatic carbocycles. The van der Waals surface area contributed by atoms with Crippen LogP contribution in [-0.4, -0.2) is 32.4 Å². The van der Waals surface area contributed by atoms with Crippen LogP contribution in [0.5, 0.6) is 17.2 Å². The van der Waals surface area contributed by atoms with Crippen LogP contribution < -0.4 is 14.2 Å². The Morgan fingerprint density at radius 1 is 1.12 bits per heavy atom. The predicted octanol–water partition coefficient (Wildman–Crippen LogP) is 1.81. The molecular formula is C12H14O5. The first-order chi connectivity index (χ1) is 8.12. The summed E-state index contributed by atoms with van der Waals surface area (Å²) < 4.78 is 15.4. The molecule has 0 spiro atoms. The summed E-state index contributed by atoms with van der Waals surface area (Å²) in [5, 5.41) is 8.55. The van der Waals surface area contributed by atoms with Crippen molar-refractivity contribution in [3.63, 3.8) is 0 Å². The number of carboxylic acids is 1. The first-order valence-electron chi connectivity index (χ1n) is 4.83. The number of aliphatic carboxylic acids is 1. The van der Waals surface area contributed by atoms with Gasteiger partial charge in [-0.05, 0) is 23.8 Å². The van der Waals surface area contributed by atoms with Crippen molar-refractivity contribution in [2.75, 3.05) is 21.3 Å². The number of benzene rings is 1. The second-order valence-electron chi connectivity index (χ2n) is 3.13. The van der Waals surface area contributed by atoms with E-state index in [-0.39, 0.29) is 0 Å². The molecule has 17 heavy (non-hydrogen) atoms. The Morgan fingerprint density at radius 3 is 2.00 bits per heavy atom. The van der Waals surface area contributed by atoms with Gasteiger partial charge >= 0.3 is 5.97 Å². The van der Waals surface area contributed by atoms with E-state index >= 15 is 0 Å². The third kappa shape index (κ3) is 3.14. The molecule has 0 aromatic heterocycles. The van der Waals surface area contributed by atoms with E-state index in [9.17, 15) is 4.79 Å². The lowest BCUT2D eigenvalue weighted by Gasteiger charge is -2.12. The van der Waals surface area contributed by atoms with Crippen LogP contribution in [-0.2, 0) is 4.79 Å². The number of carboxylic acid groups (broad SMARTS) is 1. The highest BCUT2D eigenvalue weighted by atomic mass is 16.5. The fraction of sp³-hybridized carbons (Fsp3) is 0.250. The molecule has 5 heteroatoms. The highest BCUT2D eigenvalue weighted by Gasteiger charge is 2.11. The van der Waals surface area contributed by atoms with Crippen LogP contribution in [0.15, 0.2) is 18.2 Å². The van der Waals surface area contributed by atoms with Gasteiger partial charge in [0.1, 0.15) is 0 Å². The van der Waals surface area contributed by atoms with Crippen LogP contribution in [0, 0.1) is 0 Å². The maximum atomic E-state index is 10.4. The van der Waals surface area contributed by atoms with Gasteiger partial charge in [-0.15, -0.1) is 0 Å². The lowest BCUT2D eigenvalue weighted by Crippen LogP contribution is -1.95. The molecule has 0 aliphatic rings. The Morgan fingerprint density at radius 2 is 1.65 bits per heavy atom. The molecule has 0 fully saturated rings. The van der Waals surface area contributed by atoms with Crippen molar-refractivity contribution >= 4 is 12.0 Å². The van der Waals surface area contributed by atoms with Gasteiger partial charge in [0.25, 0.3) is 0 Å². The van der Waals surface area contributed by atoms with E-state index in [0.717, 1.165) is 6.08 Å². The molecule has 0 unspecified atom stereocenters. The highest BCUT2D eigenvalue weighted by molar-refractivity contribution is 5.85. The molecule has 0 saturated carbocycles. The summed E-state index contributed by atoms with van der Waals surface area (Å²) in [5.74, 6) is 0.426. The summed E-state index contributed by atoms with van der Waals surface area (Å²) >= 11 is 0. The monoisotopic (exact) mass is 238 g/mol. The van der Waals surface area contributed by atoms with Gasteiger partial charge < -0.3 is 19.3 Å². The molecule has 92 valence electrons. The Kier molecular flexibility index (Phi) is 4.39. The minimum Gasteiger partial charge on any atom is -0.493 e. The van der Waals surface area contributed by atoms with Crippen LogP contribution in [0.3, 0.4) is 0 Å². The van der Waals surface area contributed by atoms with Crippen molar-refractivity contribution in [2.45, 2.75) is 0 Å². The average Bonchev–Trinajstić information content (AvgIpc) is 2.34. The molecule has 0 saturated heterocycles. The minimum absolute atomic E-state index is 0.475. The van der Waals surface area contributed by atoms with E-state index in [1.807, 2.05) is 0 Å². The van der Waals surface area contributed by atoms with Crippen LogP contribution in [0.1, 0.15) is 5.56 Å². The second-order valence-corrected chi connectivity index (χ2v) is 3.13. The molecule has 1 N–H and O–H groups in total. The fourth-order valence-electron chi connectivity index (χ4n) is 1.37. The zero-order valence-corrected chi connectivity index (χ0v) is 9.89. The van der Waals surface area contributed by atoms with Crippen molar-refractivity contribution < 1.29 is 24.1 Å². The summed E-state index contributed by atoms with van der Waals surface area (Å²) in [5.41, 5.74) is 0.655. The van der Waals surface area contributed by atoms with Gasteiger partial charge in [-0.3, -0.25) is 0 Å². The van der Waals surface area contributed by atoms with E-state index in [4.69, 9.17) is 19.3 Å². The highest BCUT2D eigenvalue weighted by Crippen LogP contribution is 2.38. The summed E-state index contributed by atoms with van der Waals surface area (Å²) in [4.78, 5) is 10.4. The maximum Gasteiger partial charge on any atom is 0.328 e. The van der Waals surface area contributed by atoms with E-state index in [1.54, 1.807) is 12.1 Å². The number of hydrogen-bond acceptors (Lipinski definition) is 4. The van der Waals surface area contributed by atoms with Gasteiger partial charge in [0, 0.05) is 6.08 Å². The van der Waals surface area contributed by atoms with Crippen LogP contribution in [0.4, 0.5) is 0 Å². The maximum absolute atomic E-state index is 10.4. The predicted molar refractivity (Wildman–Crippen MR) is 62.8 cm³/mol. The smallest absolute Gasteiger partial charge is 0.328 e. The molecule has 0 heterocycles. The normalized spacial score (nSPS) is 10.3. The van der Waals surface area contributed by atoms with Crippen molar-refractivity contribution in [1.29, 1.82) is 0 Å². The third-order valence-corrected chi connectivity index (χ3v) is 2.11. The van der Waals surface area contributed by atoms with E-state index < -0.39 is 5.97 Å². The zero-order valence-electron chi connectivity index (χ0n) is 9.89. The largest absolute Gasteiger partial charge is 0.493 e. The Bertz CT molecular complexity index is 412. The van der Waals surface area contributed by atoms with E-state index in [0.29, 0.717) is 22.8 Å². The Balaban J connectivity index is 3.22. The van der Waals surface area contributed by atoms with Gasteiger partial charge in [0.15, 0.2) is 11.5 Å². The summed E-state index contributed by atoms with van der Waals surface area (Å²) in [7, 11) is 4.51. The van der Waals surface area contributed by atoms with Gasteiger partial charge in [-0.2, -0.15) is 0 Å². The Labute approximate surface area is 99.2 Å². The van der Waals surface area contributed by atoms with Gasteiger partial charge in [0.2, 0.25) is 5.75 Å². The summed E-state index contributed by atoms with van der Waals surface area (Å²) in [6.45, 7) is 0. The zero-order chi connectivity index (χ0) is 12.8. The molecule has 0 bridgehead atoms. The lowest BCUT2D eigenvalue weighted by atomic mass is 10.1. The molecule has 0 amide bonds. The van der Waals surface area contributed by atoms with Crippen molar-refractivity contribution in [3.05, 3.63) is 23.8 Å². The van der Waals surface area contributed by atoms with E-state index in [1.165, 1.54) is 27.4 Å². The van der Waals surface area contributed by atoms with Gasteiger partial charge in [0.05, 0.1) is 21.3 Å². The second kappa shape index (κ2) is 5.79. The van der Waals surface area contributed by atoms with Crippen molar-refractivity contribution in [2.24, 2.45) is 0 Å². The molecule has 0 atom stereocenters. The molecular weight excluding hydrogens is 224 g/mol. The standard InChI is InChI=1S/C12H14O5/c1-15-9-6-8(4-5-11(13)14)7-10(16-2)12(9)17-3/h4-7H,1-3H3,(H,13,14). The van der Waals surface area contributed by atoms with Crippen LogP contribution in [0.25, 0.3) is 6.08 Å². The summed E-state index contributed by atoms with van der Waals surface area (Å²) in [6.07, 6.45) is 2.49. The number of carbonyl (C=O) groups is 1. The SMILES string of the molecule is COc1cc(C=CC(=O)O)cc(OC)c1OC. The molecule has 0 radical (unpaired) electrons. The number of rotatable bonds is 5. The van der Waals surface area contributed by atoms with E-state index in [2.05, 4.69) is 0 Å². The van der Waals surface area contributed by atoms with Crippen LogP contribution in [0.2, 0.25) is 0 Å². The van der Waals surface area contributed by atoms with Crippen LogP contribution >= 0.6 is 0 Å². The Hall–Kier alpha value is -2.17. The molecule has 1 rings (SSSR count). The molecule has 0 aliphatic carbocycles. The third-order valence-electron chi connectivity index (χ3n) is 2.11. The van der Waals surface area contributed by atoms with Crippen molar-refractivity contribution in [1.82, 2.24) is 0 Å². The minimum atomic E-state index is -1.02. The van der Waals surface area contributed by atoms with Crippen molar-refractivity contribution in [3.8, 4) is 17.2 Å².